The molecule has 0 N–H and O–H groups in total. The van der Waals surface area contributed by atoms with E-state index in [9.17, 15) is 4.79 Å². The SMILES string of the molecule is O=C1[C@H]2C[C@@H]3CO[C@H]1[C@H]3C2. The number of rotatable bonds is 0. The second-order valence-electron chi connectivity index (χ2n) is 3.75. The number of ether oxygens (including phenoxy) is 1. The van der Waals surface area contributed by atoms with Gasteiger partial charge in [0, 0.05) is 5.92 Å². The fraction of sp³-hybridized carbons (Fsp3) is 0.875. The Bertz CT molecular complexity index is 197. The van der Waals surface area contributed by atoms with E-state index in [4.69, 9.17) is 4.74 Å². The van der Waals surface area contributed by atoms with Crippen LogP contribution in [-0.2, 0) is 9.53 Å². The zero-order chi connectivity index (χ0) is 6.72. The highest BCUT2D eigenvalue weighted by Gasteiger charge is 2.56. The fourth-order valence-corrected chi connectivity index (χ4v) is 2.83. The van der Waals surface area contributed by atoms with Crippen LogP contribution in [0, 0.1) is 17.8 Å². The first-order chi connectivity index (χ1) is 4.86. The van der Waals surface area contributed by atoms with Crippen LogP contribution in [0.2, 0.25) is 0 Å². The molecule has 4 atom stereocenters. The third-order valence-corrected chi connectivity index (χ3v) is 3.31. The highest BCUT2D eigenvalue weighted by atomic mass is 16.5. The lowest BCUT2D eigenvalue weighted by molar-refractivity contribution is -0.129. The summed E-state index contributed by atoms with van der Waals surface area (Å²) in [5.41, 5.74) is 0. The van der Waals surface area contributed by atoms with Crippen LogP contribution >= 0.6 is 0 Å². The first-order valence-electron chi connectivity index (χ1n) is 4.01. The van der Waals surface area contributed by atoms with Gasteiger partial charge in [0.05, 0.1) is 6.61 Å². The van der Waals surface area contributed by atoms with Crippen LogP contribution in [0.1, 0.15) is 12.8 Å². The maximum absolute atomic E-state index is 11.3. The largest absolute Gasteiger partial charge is 0.370 e. The number of ketones is 1. The Morgan fingerprint density at radius 1 is 1.40 bits per heavy atom. The van der Waals surface area contributed by atoms with Crippen molar-refractivity contribution >= 4 is 5.78 Å². The Hall–Kier alpha value is -0.370. The molecule has 3 aliphatic rings. The first-order valence-corrected chi connectivity index (χ1v) is 4.01. The monoisotopic (exact) mass is 138 g/mol. The van der Waals surface area contributed by atoms with Crippen LogP contribution in [0.5, 0.6) is 0 Å². The van der Waals surface area contributed by atoms with Crippen molar-refractivity contribution in [3.8, 4) is 0 Å². The third kappa shape index (κ3) is 0.409. The van der Waals surface area contributed by atoms with E-state index in [-0.39, 0.29) is 6.10 Å². The molecule has 0 aromatic carbocycles. The van der Waals surface area contributed by atoms with Crippen molar-refractivity contribution in [3.63, 3.8) is 0 Å². The van der Waals surface area contributed by atoms with Gasteiger partial charge >= 0.3 is 0 Å². The second-order valence-corrected chi connectivity index (χ2v) is 3.75. The van der Waals surface area contributed by atoms with Crippen LogP contribution < -0.4 is 0 Å². The molecule has 1 heterocycles. The van der Waals surface area contributed by atoms with Gasteiger partial charge < -0.3 is 4.74 Å². The highest BCUT2D eigenvalue weighted by molar-refractivity contribution is 5.89. The lowest BCUT2D eigenvalue weighted by atomic mass is 9.90. The number of carbonyl (C=O) groups is 1. The second kappa shape index (κ2) is 1.45. The molecule has 3 fully saturated rings. The number of Topliss-reactive ketones (excluding diaryl/α,β-unsaturated/α-hetero) is 1. The molecule has 2 nitrogen and oxygen atoms in total. The Morgan fingerprint density at radius 3 is 3.00 bits per heavy atom. The molecule has 0 amide bonds. The summed E-state index contributed by atoms with van der Waals surface area (Å²) in [5.74, 6) is 2.16. The van der Waals surface area contributed by atoms with Crippen molar-refractivity contribution in [1.82, 2.24) is 0 Å². The molecule has 1 aliphatic heterocycles. The van der Waals surface area contributed by atoms with Crippen molar-refractivity contribution in [1.29, 1.82) is 0 Å². The first kappa shape index (κ1) is 5.30. The van der Waals surface area contributed by atoms with Gasteiger partial charge in [-0.1, -0.05) is 0 Å². The summed E-state index contributed by atoms with van der Waals surface area (Å²) in [5, 5.41) is 0. The van der Waals surface area contributed by atoms with Gasteiger partial charge in [-0.2, -0.15) is 0 Å². The molecule has 54 valence electrons. The molecule has 2 bridgehead atoms. The van der Waals surface area contributed by atoms with Gasteiger partial charge in [-0.15, -0.1) is 0 Å². The normalized spacial score (nSPS) is 56.6. The predicted octanol–water partition coefficient (Wildman–Crippen LogP) is 0.610. The molecule has 0 aromatic rings. The summed E-state index contributed by atoms with van der Waals surface area (Å²) >= 11 is 0. The van der Waals surface area contributed by atoms with Gasteiger partial charge in [0.1, 0.15) is 6.10 Å². The van der Waals surface area contributed by atoms with Gasteiger partial charge in [0.2, 0.25) is 0 Å². The number of hydrogen-bond donors (Lipinski definition) is 0. The Kier molecular flexibility index (Phi) is 0.768. The maximum Gasteiger partial charge on any atom is 0.164 e. The average molecular weight is 138 g/mol. The molecule has 0 radical (unpaired) electrons. The zero-order valence-electron chi connectivity index (χ0n) is 5.75. The van der Waals surface area contributed by atoms with Crippen molar-refractivity contribution in [2.45, 2.75) is 18.9 Å². The van der Waals surface area contributed by atoms with E-state index in [2.05, 4.69) is 0 Å². The molecular formula is C8H10O2. The number of carbonyl (C=O) groups excluding carboxylic acids is 1. The summed E-state index contributed by atoms with van der Waals surface area (Å²) < 4.78 is 5.39. The topological polar surface area (TPSA) is 26.3 Å². The summed E-state index contributed by atoms with van der Waals surface area (Å²) in [6.45, 7) is 0.859. The molecular weight excluding hydrogens is 128 g/mol. The van der Waals surface area contributed by atoms with E-state index >= 15 is 0 Å². The lowest BCUT2D eigenvalue weighted by Crippen LogP contribution is -2.26. The van der Waals surface area contributed by atoms with Crippen LogP contribution in [0.25, 0.3) is 0 Å². The summed E-state index contributed by atoms with van der Waals surface area (Å²) in [4.78, 5) is 11.3. The maximum atomic E-state index is 11.3. The molecule has 0 aromatic heterocycles. The molecule has 3 rings (SSSR count). The third-order valence-electron chi connectivity index (χ3n) is 3.31. The summed E-state index contributed by atoms with van der Waals surface area (Å²) in [6, 6.07) is 0. The molecule has 10 heavy (non-hydrogen) atoms. The Balaban J connectivity index is 2.08. The van der Waals surface area contributed by atoms with Crippen LogP contribution in [0.4, 0.5) is 0 Å². The van der Waals surface area contributed by atoms with E-state index in [0.29, 0.717) is 17.6 Å². The Labute approximate surface area is 59.6 Å². The quantitative estimate of drug-likeness (QED) is 0.490. The van der Waals surface area contributed by atoms with E-state index in [1.807, 2.05) is 0 Å². The van der Waals surface area contributed by atoms with Gasteiger partial charge in [-0.3, -0.25) is 4.79 Å². The number of fused-ring (bicyclic) bond motifs is 1. The van der Waals surface area contributed by atoms with E-state index in [0.717, 1.165) is 25.4 Å². The smallest absolute Gasteiger partial charge is 0.164 e. The van der Waals surface area contributed by atoms with E-state index < -0.39 is 0 Å². The molecule has 2 aliphatic carbocycles. The fourth-order valence-electron chi connectivity index (χ4n) is 2.83. The van der Waals surface area contributed by atoms with Gasteiger partial charge in [-0.25, -0.2) is 0 Å². The minimum atomic E-state index is 0.0312. The van der Waals surface area contributed by atoms with E-state index in [1.54, 1.807) is 0 Å². The van der Waals surface area contributed by atoms with Crippen molar-refractivity contribution in [2.24, 2.45) is 17.8 Å². The van der Waals surface area contributed by atoms with Gasteiger partial charge in [-0.05, 0) is 24.7 Å². The predicted molar refractivity (Wildman–Crippen MR) is 34.5 cm³/mol. The van der Waals surface area contributed by atoms with Crippen molar-refractivity contribution < 1.29 is 9.53 Å². The molecule has 0 unspecified atom stereocenters. The molecule has 2 saturated carbocycles. The van der Waals surface area contributed by atoms with E-state index in [1.165, 1.54) is 0 Å². The zero-order valence-corrected chi connectivity index (χ0v) is 5.75. The standard InChI is InChI=1S/C8H10O2/c9-7-4-1-5-3-10-8(7)6(5)2-4/h4-6,8H,1-3H2/t4-,5+,6-,8-/m0/s1. The summed E-state index contributed by atoms with van der Waals surface area (Å²) in [7, 11) is 0. The highest BCUT2D eigenvalue weighted by Crippen LogP contribution is 2.51. The van der Waals surface area contributed by atoms with Crippen LogP contribution in [0.15, 0.2) is 0 Å². The van der Waals surface area contributed by atoms with Gasteiger partial charge in [0.25, 0.3) is 0 Å². The minimum absolute atomic E-state index is 0.0312. The van der Waals surface area contributed by atoms with Gasteiger partial charge in [0.15, 0.2) is 5.78 Å². The van der Waals surface area contributed by atoms with Crippen LogP contribution in [-0.4, -0.2) is 18.5 Å². The summed E-state index contributed by atoms with van der Waals surface area (Å²) in [6.07, 6.45) is 2.29. The van der Waals surface area contributed by atoms with Crippen molar-refractivity contribution in [3.05, 3.63) is 0 Å². The van der Waals surface area contributed by atoms with Crippen molar-refractivity contribution in [2.75, 3.05) is 6.61 Å². The minimum Gasteiger partial charge on any atom is -0.370 e. The molecule has 0 spiro atoms. The average Bonchev–Trinajstić information content (AvgIpc) is 2.43. The Morgan fingerprint density at radius 2 is 2.30 bits per heavy atom. The lowest BCUT2D eigenvalue weighted by Gasteiger charge is -2.13. The molecule has 1 saturated heterocycles. The van der Waals surface area contributed by atoms with Crippen LogP contribution in [0.3, 0.4) is 0 Å². The number of hydrogen-bond acceptors (Lipinski definition) is 2. The molecule has 2 heteroatoms.